The average Bonchev–Trinajstić information content (AvgIpc) is 3.19. The highest BCUT2D eigenvalue weighted by molar-refractivity contribution is 7.47. The van der Waals surface area contributed by atoms with Crippen LogP contribution in [-0.2, 0) is 18.4 Å². The van der Waals surface area contributed by atoms with Crippen LogP contribution in [0.2, 0.25) is 0 Å². The molecule has 346 valence electrons. The van der Waals surface area contributed by atoms with Gasteiger partial charge in [0.25, 0.3) is 0 Å². The minimum Gasteiger partial charge on any atom is -0.393 e. The van der Waals surface area contributed by atoms with Crippen molar-refractivity contribution < 1.29 is 59.0 Å². The third-order valence-electron chi connectivity index (χ3n) is 11.7. The number of hydrogen-bond donors (Lipinski definition) is 9. The fraction of sp³-hybridized carbons (Fsp3) is 0.977. The van der Waals surface area contributed by atoms with Gasteiger partial charge in [0, 0.05) is 0 Å². The zero-order valence-electron chi connectivity index (χ0n) is 36.5. The van der Waals surface area contributed by atoms with Crippen LogP contribution in [0, 0.1) is 0 Å². The molecule has 0 bridgehead atoms. The van der Waals surface area contributed by atoms with Gasteiger partial charge in [-0.2, -0.15) is 0 Å². The molecule has 14 heteroatoms. The maximum atomic E-state index is 13.0. The third kappa shape index (κ3) is 26.6. The van der Waals surface area contributed by atoms with Gasteiger partial charge in [-0.25, -0.2) is 4.57 Å². The van der Waals surface area contributed by atoms with E-state index in [1.54, 1.807) is 0 Å². The van der Waals surface area contributed by atoms with Crippen LogP contribution in [0.1, 0.15) is 213 Å². The fourth-order valence-corrected chi connectivity index (χ4v) is 8.80. The second-order valence-corrected chi connectivity index (χ2v) is 18.6. The molecule has 0 saturated heterocycles. The molecular weight excluding hydrogens is 765 g/mol. The second-order valence-electron chi connectivity index (χ2n) is 17.2. The maximum Gasteiger partial charge on any atom is 0.472 e. The molecule has 0 aromatic heterocycles. The highest BCUT2D eigenvalue weighted by Crippen LogP contribution is 2.47. The van der Waals surface area contributed by atoms with Crippen molar-refractivity contribution in [1.29, 1.82) is 0 Å². The fourth-order valence-electron chi connectivity index (χ4n) is 7.83. The predicted molar refractivity (Wildman–Crippen MR) is 229 cm³/mol. The first-order valence-corrected chi connectivity index (χ1v) is 25.1. The molecule has 1 saturated carbocycles. The lowest BCUT2D eigenvalue weighted by molar-refractivity contribution is -0.220. The predicted octanol–water partition coefficient (Wildman–Crippen LogP) is 7.65. The van der Waals surface area contributed by atoms with Crippen molar-refractivity contribution in [2.24, 2.45) is 0 Å². The lowest BCUT2D eigenvalue weighted by Crippen LogP contribution is -2.64. The number of aliphatic hydroxyl groups is 7. The Kier molecular flexibility index (Phi) is 33.2. The van der Waals surface area contributed by atoms with E-state index in [0.717, 1.165) is 51.4 Å². The minimum absolute atomic E-state index is 0.216. The van der Waals surface area contributed by atoms with Gasteiger partial charge in [0.05, 0.1) is 31.3 Å². The van der Waals surface area contributed by atoms with Gasteiger partial charge >= 0.3 is 7.82 Å². The summed E-state index contributed by atoms with van der Waals surface area (Å²) in [5.74, 6) is -0.558. The zero-order chi connectivity index (χ0) is 43.0. The van der Waals surface area contributed by atoms with Crippen LogP contribution < -0.4 is 5.32 Å². The summed E-state index contributed by atoms with van der Waals surface area (Å²) in [4.78, 5) is 23.4. The van der Waals surface area contributed by atoms with E-state index in [9.17, 15) is 50.0 Å². The van der Waals surface area contributed by atoms with Crippen LogP contribution >= 0.6 is 7.82 Å². The first-order valence-electron chi connectivity index (χ1n) is 23.6. The molecule has 0 radical (unpaired) electrons. The van der Waals surface area contributed by atoms with Crippen LogP contribution in [-0.4, -0.2) is 108 Å². The standard InChI is InChI=1S/C44H88NO12P/c1-3-5-7-9-11-13-15-16-17-18-19-20-22-24-26-28-30-32-37(47)36(34-56-58(54,55)57-44-42(52)40(50)39(49)41(51)43(44)53)45-38(48)33-35(46)31-29-27-25-23-21-14-12-10-8-6-4-2/h35-37,39-44,46-47,49-53H,3-34H2,1-2H3,(H,45,48)(H,54,55). The second kappa shape index (κ2) is 34.8. The van der Waals surface area contributed by atoms with E-state index in [0.29, 0.717) is 12.8 Å². The van der Waals surface area contributed by atoms with E-state index in [4.69, 9.17) is 9.05 Å². The van der Waals surface area contributed by atoms with E-state index in [1.807, 2.05) is 0 Å². The number of phosphoric acid groups is 1. The van der Waals surface area contributed by atoms with Crippen molar-refractivity contribution in [2.45, 2.75) is 268 Å². The molecule has 0 spiro atoms. The molecule has 8 unspecified atom stereocenters. The number of hydrogen-bond acceptors (Lipinski definition) is 11. The van der Waals surface area contributed by atoms with Crippen molar-refractivity contribution in [3.63, 3.8) is 0 Å². The molecule has 13 nitrogen and oxygen atoms in total. The molecule has 0 heterocycles. The highest BCUT2D eigenvalue weighted by Gasteiger charge is 2.51. The van der Waals surface area contributed by atoms with E-state index < -0.39 is 75.2 Å². The first kappa shape index (κ1) is 55.3. The average molecular weight is 854 g/mol. The van der Waals surface area contributed by atoms with Gasteiger partial charge in [-0.1, -0.05) is 194 Å². The number of rotatable bonds is 39. The van der Waals surface area contributed by atoms with E-state index in [2.05, 4.69) is 19.2 Å². The van der Waals surface area contributed by atoms with Gasteiger partial charge in [-0.05, 0) is 12.8 Å². The first-order chi connectivity index (χ1) is 27.8. The summed E-state index contributed by atoms with van der Waals surface area (Å²) in [6, 6.07) is -1.15. The van der Waals surface area contributed by atoms with E-state index in [-0.39, 0.29) is 12.8 Å². The summed E-state index contributed by atoms with van der Waals surface area (Å²) in [7, 11) is -5.11. The molecule has 1 aliphatic carbocycles. The summed E-state index contributed by atoms with van der Waals surface area (Å²) in [5.41, 5.74) is 0. The van der Waals surface area contributed by atoms with Crippen LogP contribution in [0.15, 0.2) is 0 Å². The van der Waals surface area contributed by atoms with Crippen LogP contribution in [0.5, 0.6) is 0 Å². The van der Waals surface area contributed by atoms with Gasteiger partial charge in [-0.15, -0.1) is 0 Å². The number of carbonyl (C=O) groups is 1. The molecule has 0 aromatic carbocycles. The molecule has 1 aliphatic rings. The van der Waals surface area contributed by atoms with Crippen LogP contribution in [0.4, 0.5) is 0 Å². The Morgan fingerprint density at radius 2 is 0.862 bits per heavy atom. The number of phosphoric ester groups is 1. The Balaban J connectivity index is 2.51. The summed E-state index contributed by atoms with van der Waals surface area (Å²) >= 11 is 0. The topological polar surface area (TPSA) is 226 Å². The number of carbonyl (C=O) groups excluding carboxylic acids is 1. The normalized spacial score (nSPS) is 23.7. The van der Waals surface area contributed by atoms with Crippen molar-refractivity contribution in [3.05, 3.63) is 0 Å². The molecule has 1 fully saturated rings. The number of unbranched alkanes of at least 4 members (excludes halogenated alkanes) is 26. The Morgan fingerprint density at radius 1 is 0.534 bits per heavy atom. The molecule has 1 amide bonds. The lowest BCUT2D eigenvalue weighted by Gasteiger charge is -2.41. The molecule has 8 atom stereocenters. The Labute approximate surface area is 351 Å². The van der Waals surface area contributed by atoms with Gasteiger partial charge in [0.1, 0.15) is 36.6 Å². The van der Waals surface area contributed by atoms with Gasteiger partial charge in [0.2, 0.25) is 5.91 Å². The molecule has 0 aliphatic heterocycles. The summed E-state index contributed by atoms with van der Waals surface area (Å²) in [6.45, 7) is 3.79. The van der Waals surface area contributed by atoms with Crippen molar-refractivity contribution in [1.82, 2.24) is 5.32 Å². The zero-order valence-corrected chi connectivity index (χ0v) is 37.4. The van der Waals surface area contributed by atoms with Crippen molar-refractivity contribution in [3.8, 4) is 0 Å². The summed E-state index contributed by atoms with van der Waals surface area (Å²) in [5, 5.41) is 74.6. The number of amides is 1. The monoisotopic (exact) mass is 854 g/mol. The summed E-state index contributed by atoms with van der Waals surface area (Å²) < 4.78 is 22.9. The van der Waals surface area contributed by atoms with E-state index in [1.165, 1.54) is 122 Å². The molecule has 1 rings (SSSR count). The molecule has 9 N–H and O–H groups in total. The SMILES string of the molecule is CCCCCCCCCCCCCCCCCCCC(O)C(COP(=O)(O)OC1C(O)C(O)C(O)C(O)C1O)NC(=O)CC(O)CCCCCCCCCCCCC. The Morgan fingerprint density at radius 3 is 1.24 bits per heavy atom. The minimum atomic E-state index is -5.11. The number of nitrogens with one attached hydrogen (secondary N) is 1. The van der Waals surface area contributed by atoms with Crippen LogP contribution in [0.3, 0.4) is 0 Å². The largest absolute Gasteiger partial charge is 0.472 e. The van der Waals surface area contributed by atoms with Gasteiger partial charge in [0.15, 0.2) is 0 Å². The molecule has 0 aromatic rings. The van der Waals surface area contributed by atoms with Crippen molar-refractivity contribution in [2.75, 3.05) is 6.61 Å². The molecular formula is C44H88NO12P. The maximum absolute atomic E-state index is 13.0. The highest BCUT2D eigenvalue weighted by atomic mass is 31.2. The smallest absolute Gasteiger partial charge is 0.393 e. The van der Waals surface area contributed by atoms with Crippen LogP contribution in [0.25, 0.3) is 0 Å². The quantitative estimate of drug-likeness (QED) is 0.0215. The Bertz CT molecular complexity index is 1010. The third-order valence-corrected chi connectivity index (χ3v) is 12.7. The summed E-state index contributed by atoms with van der Waals surface area (Å²) in [6.07, 6.45) is 20.1. The lowest BCUT2D eigenvalue weighted by atomic mass is 9.85. The van der Waals surface area contributed by atoms with Gasteiger partial charge in [-0.3, -0.25) is 13.8 Å². The van der Waals surface area contributed by atoms with E-state index >= 15 is 0 Å². The van der Waals surface area contributed by atoms with Crippen molar-refractivity contribution >= 4 is 13.7 Å². The Hall–Kier alpha value is -0.700. The van der Waals surface area contributed by atoms with Gasteiger partial charge < -0.3 is 46.0 Å². The molecule has 58 heavy (non-hydrogen) atoms. The number of aliphatic hydroxyl groups excluding tert-OH is 7.